The highest BCUT2D eigenvalue weighted by atomic mass is 79.9. The second-order valence-corrected chi connectivity index (χ2v) is 5.18. The fourth-order valence-corrected chi connectivity index (χ4v) is 2.80. The molecular weight excluding hydrogens is 266 g/mol. The average Bonchev–Trinajstić information content (AvgIpc) is 2.30. The Labute approximate surface area is 104 Å². The predicted octanol–water partition coefficient (Wildman–Crippen LogP) is 3.33. The Hall–Kier alpha value is -0.850. The zero-order chi connectivity index (χ0) is 11.6. The zero-order valence-electron chi connectivity index (χ0n) is 9.29. The van der Waals surface area contributed by atoms with Gasteiger partial charge in [-0.3, -0.25) is 0 Å². The van der Waals surface area contributed by atoms with Crippen LogP contribution in [0.1, 0.15) is 24.0 Å². The van der Waals surface area contributed by atoms with Crippen molar-refractivity contribution in [1.29, 1.82) is 5.26 Å². The molecule has 1 aliphatic rings. The summed E-state index contributed by atoms with van der Waals surface area (Å²) in [4.78, 5) is 0. The van der Waals surface area contributed by atoms with Gasteiger partial charge in [-0.15, -0.1) is 0 Å². The molecule has 0 amide bonds. The minimum Gasteiger partial charge on any atom is -0.381 e. The van der Waals surface area contributed by atoms with Gasteiger partial charge in [0, 0.05) is 17.7 Å². The van der Waals surface area contributed by atoms with Gasteiger partial charge in [-0.05, 0) is 43.0 Å². The smallest absolute Gasteiger partial charge is 0.0868 e. The molecule has 3 heteroatoms. The first-order valence-electron chi connectivity index (χ1n) is 5.44. The van der Waals surface area contributed by atoms with Crippen LogP contribution in [-0.4, -0.2) is 13.2 Å². The standard InChI is InChI=1S/C13H14BrNO/c1-10-8-11(14)2-3-12(10)13(9-15)4-6-16-7-5-13/h2-3,8H,4-7H2,1H3. The molecule has 0 saturated carbocycles. The van der Waals surface area contributed by atoms with E-state index < -0.39 is 0 Å². The van der Waals surface area contributed by atoms with Crippen LogP contribution in [0.2, 0.25) is 0 Å². The van der Waals surface area contributed by atoms with Crippen molar-refractivity contribution in [3.63, 3.8) is 0 Å². The highest BCUT2D eigenvalue weighted by molar-refractivity contribution is 9.10. The van der Waals surface area contributed by atoms with Gasteiger partial charge >= 0.3 is 0 Å². The first kappa shape index (κ1) is 11.6. The Bertz CT molecular complexity index is 430. The van der Waals surface area contributed by atoms with E-state index in [0.29, 0.717) is 13.2 Å². The van der Waals surface area contributed by atoms with Gasteiger partial charge in [-0.25, -0.2) is 0 Å². The van der Waals surface area contributed by atoms with Gasteiger partial charge < -0.3 is 4.74 Å². The van der Waals surface area contributed by atoms with Crippen LogP contribution in [0.3, 0.4) is 0 Å². The summed E-state index contributed by atoms with van der Waals surface area (Å²) in [5.41, 5.74) is 1.99. The van der Waals surface area contributed by atoms with E-state index in [9.17, 15) is 5.26 Å². The third kappa shape index (κ3) is 2.00. The Balaban J connectivity index is 2.44. The van der Waals surface area contributed by atoms with E-state index in [1.165, 1.54) is 5.56 Å². The molecule has 0 bridgehead atoms. The minimum absolute atomic E-state index is 0.344. The number of ether oxygens (including phenoxy) is 1. The predicted molar refractivity (Wildman–Crippen MR) is 66.2 cm³/mol. The van der Waals surface area contributed by atoms with E-state index in [0.717, 1.165) is 22.9 Å². The molecule has 1 heterocycles. The average molecular weight is 280 g/mol. The highest BCUT2D eigenvalue weighted by Gasteiger charge is 2.35. The summed E-state index contributed by atoms with van der Waals surface area (Å²) in [7, 11) is 0. The largest absolute Gasteiger partial charge is 0.381 e. The summed E-state index contributed by atoms with van der Waals surface area (Å²) >= 11 is 3.45. The molecule has 16 heavy (non-hydrogen) atoms. The molecule has 1 aliphatic heterocycles. The number of benzene rings is 1. The summed E-state index contributed by atoms with van der Waals surface area (Å²) in [6, 6.07) is 8.65. The third-order valence-corrected chi connectivity index (χ3v) is 3.76. The summed E-state index contributed by atoms with van der Waals surface area (Å²) < 4.78 is 6.42. The molecule has 1 aromatic carbocycles. The quantitative estimate of drug-likeness (QED) is 0.790. The molecule has 0 atom stereocenters. The Morgan fingerprint density at radius 1 is 1.38 bits per heavy atom. The van der Waals surface area contributed by atoms with Crippen molar-refractivity contribution < 1.29 is 4.74 Å². The maximum Gasteiger partial charge on any atom is 0.0868 e. The lowest BCUT2D eigenvalue weighted by Gasteiger charge is -2.32. The van der Waals surface area contributed by atoms with E-state index in [-0.39, 0.29) is 5.41 Å². The summed E-state index contributed by atoms with van der Waals surface area (Å²) in [6.45, 7) is 3.43. The molecule has 1 fully saturated rings. The molecule has 0 radical (unpaired) electrons. The van der Waals surface area contributed by atoms with E-state index >= 15 is 0 Å². The summed E-state index contributed by atoms with van der Waals surface area (Å²) in [6.07, 6.45) is 1.60. The van der Waals surface area contributed by atoms with Crippen LogP contribution >= 0.6 is 15.9 Å². The molecule has 0 unspecified atom stereocenters. The Morgan fingerprint density at radius 2 is 2.06 bits per heavy atom. The van der Waals surface area contributed by atoms with Crippen LogP contribution in [0.15, 0.2) is 22.7 Å². The lowest BCUT2D eigenvalue weighted by atomic mass is 9.74. The summed E-state index contributed by atoms with van der Waals surface area (Å²) in [5, 5.41) is 9.47. The number of hydrogen-bond donors (Lipinski definition) is 0. The van der Waals surface area contributed by atoms with Crippen LogP contribution in [0.5, 0.6) is 0 Å². The monoisotopic (exact) mass is 279 g/mol. The molecular formula is C13H14BrNO. The second kappa shape index (κ2) is 4.57. The Kier molecular flexibility index (Phi) is 3.32. The second-order valence-electron chi connectivity index (χ2n) is 4.27. The number of aryl methyl sites for hydroxylation is 1. The molecule has 84 valence electrons. The molecule has 0 aromatic heterocycles. The van der Waals surface area contributed by atoms with Crippen molar-refractivity contribution in [1.82, 2.24) is 0 Å². The normalized spacial score (nSPS) is 19.1. The van der Waals surface area contributed by atoms with E-state index in [1.54, 1.807) is 0 Å². The summed E-state index contributed by atoms with van der Waals surface area (Å²) in [5.74, 6) is 0. The van der Waals surface area contributed by atoms with Gasteiger partial charge in [0.1, 0.15) is 0 Å². The van der Waals surface area contributed by atoms with Crippen LogP contribution in [0.25, 0.3) is 0 Å². The first-order chi connectivity index (χ1) is 7.68. The van der Waals surface area contributed by atoms with Crippen molar-refractivity contribution >= 4 is 15.9 Å². The SMILES string of the molecule is Cc1cc(Br)ccc1C1(C#N)CCOCC1. The van der Waals surface area contributed by atoms with Crippen LogP contribution < -0.4 is 0 Å². The molecule has 0 spiro atoms. The van der Waals surface area contributed by atoms with Gasteiger partial charge in [0.05, 0.1) is 11.5 Å². The van der Waals surface area contributed by atoms with Gasteiger partial charge in [0.2, 0.25) is 0 Å². The number of rotatable bonds is 1. The van der Waals surface area contributed by atoms with Crippen molar-refractivity contribution in [2.75, 3.05) is 13.2 Å². The highest BCUT2D eigenvalue weighted by Crippen LogP contribution is 2.36. The minimum atomic E-state index is -0.344. The fourth-order valence-electron chi connectivity index (χ4n) is 2.33. The number of halogens is 1. The molecule has 1 aromatic rings. The number of nitriles is 1. The maximum atomic E-state index is 9.47. The lowest BCUT2D eigenvalue weighted by Crippen LogP contribution is -2.33. The molecule has 0 aliphatic carbocycles. The van der Waals surface area contributed by atoms with Crippen LogP contribution in [-0.2, 0) is 10.2 Å². The van der Waals surface area contributed by atoms with Crippen molar-refractivity contribution in [3.8, 4) is 6.07 Å². The Morgan fingerprint density at radius 3 is 2.62 bits per heavy atom. The molecule has 1 saturated heterocycles. The third-order valence-electron chi connectivity index (χ3n) is 3.26. The van der Waals surface area contributed by atoms with E-state index in [2.05, 4.69) is 41.1 Å². The van der Waals surface area contributed by atoms with E-state index in [4.69, 9.17) is 4.74 Å². The van der Waals surface area contributed by atoms with Gasteiger partial charge in [-0.2, -0.15) is 5.26 Å². The fraction of sp³-hybridized carbons (Fsp3) is 0.462. The van der Waals surface area contributed by atoms with Crippen molar-refractivity contribution in [2.24, 2.45) is 0 Å². The number of nitrogens with zero attached hydrogens (tertiary/aromatic N) is 1. The maximum absolute atomic E-state index is 9.47. The number of hydrogen-bond acceptors (Lipinski definition) is 2. The van der Waals surface area contributed by atoms with Crippen molar-refractivity contribution in [2.45, 2.75) is 25.2 Å². The molecule has 2 nitrogen and oxygen atoms in total. The van der Waals surface area contributed by atoms with Crippen LogP contribution in [0, 0.1) is 18.3 Å². The van der Waals surface area contributed by atoms with Gasteiger partial charge in [-0.1, -0.05) is 22.0 Å². The van der Waals surface area contributed by atoms with Crippen molar-refractivity contribution in [3.05, 3.63) is 33.8 Å². The molecule has 0 N–H and O–H groups in total. The van der Waals surface area contributed by atoms with Gasteiger partial charge in [0.25, 0.3) is 0 Å². The lowest BCUT2D eigenvalue weighted by molar-refractivity contribution is 0.0674. The van der Waals surface area contributed by atoms with Crippen LogP contribution in [0.4, 0.5) is 0 Å². The topological polar surface area (TPSA) is 33.0 Å². The zero-order valence-corrected chi connectivity index (χ0v) is 10.9. The molecule has 2 rings (SSSR count). The van der Waals surface area contributed by atoms with E-state index in [1.807, 2.05) is 6.07 Å². The van der Waals surface area contributed by atoms with Gasteiger partial charge in [0.15, 0.2) is 0 Å². The first-order valence-corrected chi connectivity index (χ1v) is 6.23.